The van der Waals surface area contributed by atoms with Crippen molar-refractivity contribution in [3.05, 3.63) is 112 Å². The predicted octanol–water partition coefficient (Wildman–Crippen LogP) is 4.80. The summed E-state index contributed by atoms with van der Waals surface area (Å²) in [6.45, 7) is 0.0753. The third-order valence-electron chi connectivity index (χ3n) is 5.94. The maximum Gasteiger partial charge on any atom is 0.315 e. The highest BCUT2D eigenvalue weighted by Gasteiger charge is 2.34. The molecule has 9 nitrogen and oxygen atoms in total. The van der Waals surface area contributed by atoms with Crippen LogP contribution in [-0.2, 0) is 16.2 Å². The minimum atomic E-state index is -0.619. The fourth-order valence-corrected chi connectivity index (χ4v) is 4.18. The van der Waals surface area contributed by atoms with Crippen LogP contribution >= 0.6 is 0 Å². The number of nitrogens with zero attached hydrogens (tertiary/aromatic N) is 2. The smallest absolute Gasteiger partial charge is 0.315 e. The zero-order valence-corrected chi connectivity index (χ0v) is 19.7. The molecule has 1 aliphatic rings. The molecule has 0 saturated carbocycles. The molecule has 37 heavy (non-hydrogen) atoms. The van der Waals surface area contributed by atoms with Gasteiger partial charge in [-0.2, -0.15) is 0 Å². The number of rotatable bonds is 7. The Bertz CT molecular complexity index is 1560. The molecule has 0 bridgehead atoms. The van der Waals surface area contributed by atoms with E-state index in [0.29, 0.717) is 5.69 Å². The fourth-order valence-electron chi connectivity index (χ4n) is 4.18. The Kier molecular flexibility index (Phi) is 6.25. The Morgan fingerprint density at radius 1 is 0.973 bits per heavy atom. The number of hydrogen-bond acceptors (Lipinski definition) is 6. The summed E-state index contributed by atoms with van der Waals surface area (Å²) in [4.78, 5) is 36.8. The van der Waals surface area contributed by atoms with Crippen LogP contribution in [0.3, 0.4) is 0 Å². The lowest BCUT2D eigenvalue weighted by atomic mass is 10.1. The molecule has 5 rings (SSSR count). The van der Waals surface area contributed by atoms with E-state index < -0.39 is 16.7 Å². The molecule has 1 aliphatic heterocycles. The monoisotopic (exact) mass is 495 g/mol. The van der Waals surface area contributed by atoms with Crippen LogP contribution in [0, 0.1) is 10.1 Å². The van der Waals surface area contributed by atoms with Crippen LogP contribution in [-0.4, -0.2) is 23.8 Å². The Labute approximate surface area is 211 Å². The van der Waals surface area contributed by atoms with Gasteiger partial charge in [0.2, 0.25) is 5.75 Å². The third kappa shape index (κ3) is 4.57. The second kappa shape index (κ2) is 9.82. The lowest BCUT2D eigenvalue weighted by Crippen LogP contribution is -2.35. The predicted molar refractivity (Wildman–Crippen MR) is 138 cm³/mol. The number of ether oxygens (including phenoxy) is 2. The van der Waals surface area contributed by atoms with Gasteiger partial charge < -0.3 is 9.47 Å². The van der Waals surface area contributed by atoms with Gasteiger partial charge >= 0.3 is 5.69 Å². The second-order valence-corrected chi connectivity index (χ2v) is 8.23. The number of hydrogen-bond donors (Lipinski definition) is 1. The molecule has 1 saturated heterocycles. The van der Waals surface area contributed by atoms with E-state index in [4.69, 9.17) is 9.47 Å². The second-order valence-electron chi connectivity index (χ2n) is 8.23. The van der Waals surface area contributed by atoms with Gasteiger partial charge in [0.25, 0.3) is 11.8 Å². The number of nitro benzene ring substituents is 1. The lowest BCUT2D eigenvalue weighted by Gasteiger charge is -2.14. The van der Waals surface area contributed by atoms with E-state index in [1.165, 1.54) is 25.3 Å². The summed E-state index contributed by atoms with van der Waals surface area (Å²) in [5, 5.41) is 15.1. The van der Waals surface area contributed by atoms with E-state index in [2.05, 4.69) is 5.43 Å². The average Bonchev–Trinajstić information content (AvgIpc) is 3.20. The van der Waals surface area contributed by atoms with E-state index in [9.17, 15) is 19.7 Å². The fraction of sp³-hybridized carbons (Fsp3) is 0.0714. The third-order valence-corrected chi connectivity index (χ3v) is 5.94. The normalized spacial score (nSPS) is 14.2. The van der Waals surface area contributed by atoms with Crippen molar-refractivity contribution < 1.29 is 24.0 Å². The van der Waals surface area contributed by atoms with Crippen LogP contribution in [0.15, 0.2) is 90.5 Å². The van der Waals surface area contributed by atoms with Crippen molar-refractivity contribution in [2.45, 2.75) is 6.61 Å². The topological polar surface area (TPSA) is 111 Å². The average molecular weight is 495 g/mol. The number of anilines is 1. The van der Waals surface area contributed by atoms with Crippen LogP contribution in [0.2, 0.25) is 0 Å². The van der Waals surface area contributed by atoms with E-state index in [0.717, 1.165) is 21.3 Å². The molecule has 1 fully saturated rings. The maximum atomic E-state index is 12.9. The van der Waals surface area contributed by atoms with Gasteiger partial charge in [-0.1, -0.05) is 60.7 Å². The van der Waals surface area contributed by atoms with Crippen molar-refractivity contribution in [1.82, 2.24) is 5.43 Å². The Balaban J connectivity index is 1.48. The number of methoxy groups -OCH3 is 1. The molecule has 1 heterocycles. The number of fused-ring (bicyclic) bond motifs is 1. The molecule has 0 radical (unpaired) electrons. The van der Waals surface area contributed by atoms with Gasteiger partial charge in [0, 0.05) is 6.07 Å². The molecular weight excluding hydrogens is 474 g/mol. The maximum absolute atomic E-state index is 12.9. The molecule has 9 heteroatoms. The summed E-state index contributed by atoms with van der Waals surface area (Å²) >= 11 is 0. The molecule has 4 aromatic carbocycles. The first-order valence-electron chi connectivity index (χ1n) is 11.3. The van der Waals surface area contributed by atoms with Gasteiger partial charge in [-0.3, -0.25) is 25.1 Å². The van der Waals surface area contributed by atoms with Crippen molar-refractivity contribution in [2.75, 3.05) is 12.1 Å². The van der Waals surface area contributed by atoms with Crippen LogP contribution in [0.25, 0.3) is 16.8 Å². The van der Waals surface area contributed by atoms with Crippen LogP contribution < -0.4 is 19.9 Å². The molecule has 0 atom stereocenters. The quantitative estimate of drug-likeness (QED) is 0.171. The van der Waals surface area contributed by atoms with Gasteiger partial charge in [-0.25, -0.2) is 5.01 Å². The van der Waals surface area contributed by atoms with Crippen molar-refractivity contribution in [2.24, 2.45) is 0 Å². The highest BCUT2D eigenvalue weighted by molar-refractivity contribution is 6.31. The summed E-state index contributed by atoms with van der Waals surface area (Å²) in [6.07, 6.45) is 1.30. The summed E-state index contributed by atoms with van der Waals surface area (Å²) in [7, 11) is 1.37. The van der Waals surface area contributed by atoms with Crippen LogP contribution in [0.4, 0.5) is 11.4 Å². The summed E-state index contributed by atoms with van der Waals surface area (Å²) in [6, 6.07) is 24.9. The largest absolute Gasteiger partial charge is 0.493 e. The highest BCUT2D eigenvalue weighted by Crippen LogP contribution is 2.40. The summed E-state index contributed by atoms with van der Waals surface area (Å²) in [5.41, 5.74) is 3.59. The Hall–Kier alpha value is -5.18. The number of amides is 2. The number of nitro groups is 1. The summed E-state index contributed by atoms with van der Waals surface area (Å²) < 4.78 is 11.3. The number of carbonyl (C=O) groups is 2. The highest BCUT2D eigenvalue weighted by atomic mass is 16.6. The number of nitrogens with one attached hydrogen (secondary N) is 1. The zero-order valence-electron chi connectivity index (χ0n) is 19.7. The van der Waals surface area contributed by atoms with E-state index in [1.54, 1.807) is 30.3 Å². The standard InChI is InChI=1S/C28H21N3O6/c1-36-25-16-18(14-23-27(32)29-30(28(23)33)21-11-3-2-4-12-21)15-24(31(34)35)26(25)37-17-20-10-7-9-19-8-5-6-13-22(19)20/h2-16H,17H2,1H3,(H,29,32). The van der Waals surface area contributed by atoms with Crippen molar-refractivity contribution >= 4 is 40.0 Å². The molecule has 184 valence electrons. The van der Waals surface area contributed by atoms with Crippen molar-refractivity contribution in [1.29, 1.82) is 0 Å². The minimum Gasteiger partial charge on any atom is -0.493 e. The van der Waals surface area contributed by atoms with Crippen molar-refractivity contribution in [3.8, 4) is 11.5 Å². The number of hydrazine groups is 1. The van der Waals surface area contributed by atoms with Gasteiger partial charge in [0.1, 0.15) is 12.2 Å². The molecule has 0 aromatic heterocycles. The first kappa shape index (κ1) is 23.6. The molecule has 1 N–H and O–H groups in total. The van der Waals surface area contributed by atoms with Gasteiger partial charge in [-0.05, 0) is 46.2 Å². The molecule has 0 spiro atoms. The molecule has 4 aromatic rings. The molecule has 2 amide bonds. The number of carbonyl (C=O) groups excluding carboxylic acids is 2. The van der Waals surface area contributed by atoms with E-state index in [-0.39, 0.29) is 34.9 Å². The van der Waals surface area contributed by atoms with Crippen LogP contribution in [0.1, 0.15) is 11.1 Å². The van der Waals surface area contributed by atoms with Gasteiger partial charge in [0.05, 0.1) is 17.7 Å². The van der Waals surface area contributed by atoms with Crippen molar-refractivity contribution in [3.63, 3.8) is 0 Å². The molecular formula is C28H21N3O6. The van der Waals surface area contributed by atoms with Gasteiger partial charge in [-0.15, -0.1) is 0 Å². The first-order valence-corrected chi connectivity index (χ1v) is 11.3. The Morgan fingerprint density at radius 2 is 1.70 bits per heavy atom. The Morgan fingerprint density at radius 3 is 2.46 bits per heavy atom. The first-order chi connectivity index (χ1) is 18.0. The minimum absolute atomic E-state index is 0.0457. The number of para-hydroxylation sites is 1. The van der Waals surface area contributed by atoms with Crippen LogP contribution in [0.5, 0.6) is 11.5 Å². The molecule has 0 aliphatic carbocycles. The summed E-state index contributed by atoms with van der Waals surface area (Å²) in [5.74, 6) is -1.14. The lowest BCUT2D eigenvalue weighted by molar-refractivity contribution is -0.386. The SMILES string of the molecule is COc1cc(C=C2C(=O)NN(c3ccccc3)C2=O)cc([N+](=O)[O-])c1OCc1cccc2ccccc12. The molecule has 0 unspecified atom stereocenters. The van der Waals surface area contributed by atoms with E-state index in [1.807, 2.05) is 42.5 Å². The van der Waals surface area contributed by atoms with E-state index >= 15 is 0 Å². The van der Waals surface area contributed by atoms with Gasteiger partial charge in [0.15, 0.2) is 5.75 Å². The number of benzene rings is 4. The zero-order chi connectivity index (χ0) is 25.9.